The Kier molecular flexibility index (Phi) is 3.67. The lowest BCUT2D eigenvalue weighted by Crippen LogP contribution is -2.04. The second-order valence-electron chi connectivity index (χ2n) is 4.03. The summed E-state index contributed by atoms with van der Waals surface area (Å²) in [6.45, 7) is 0. The summed E-state index contributed by atoms with van der Waals surface area (Å²) in [5.74, 6) is -2.02. The third kappa shape index (κ3) is 2.52. The molecule has 0 unspecified atom stereocenters. The number of carboxylic acids is 1. The second kappa shape index (κ2) is 5.44. The van der Waals surface area contributed by atoms with Gasteiger partial charge in [0.15, 0.2) is 12.0 Å². The molecule has 112 valence electrons. The van der Waals surface area contributed by atoms with Crippen molar-refractivity contribution in [1.82, 2.24) is 0 Å². The summed E-state index contributed by atoms with van der Waals surface area (Å²) in [4.78, 5) is 41.8. The minimum atomic E-state index is -1.61. The maximum absolute atomic E-state index is 11.3. The Morgan fingerprint density at radius 3 is 2.32 bits per heavy atom. The number of non-ortho nitro benzene ring substituents is 1. The van der Waals surface area contributed by atoms with E-state index in [4.69, 9.17) is 9.52 Å². The first kappa shape index (κ1) is 14.8. The number of benzene rings is 1. The molecule has 0 spiro atoms. The van der Waals surface area contributed by atoms with Crippen molar-refractivity contribution in [3.8, 4) is 11.3 Å². The first-order valence-electron chi connectivity index (χ1n) is 5.60. The molecule has 2 aromatic rings. The Hall–Kier alpha value is -3.56. The molecule has 1 heterocycles. The molecule has 2 rings (SSSR count). The van der Waals surface area contributed by atoms with E-state index in [2.05, 4.69) is 0 Å². The van der Waals surface area contributed by atoms with Crippen molar-refractivity contribution >= 4 is 23.6 Å². The standard InChI is InChI=1S/C12H6N2O8/c15-5-7-1-2-10(22-7)11-8(12(16)17)3-6(13(18)19)4-9(11)14(20)21/h1-5H,(H,16,17). The number of nitro groups is 2. The van der Waals surface area contributed by atoms with E-state index in [1.54, 1.807) is 0 Å². The predicted molar refractivity (Wildman–Crippen MR) is 69.8 cm³/mol. The molecule has 0 fully saturated rings. The highest BCUT2D eigenvalue weighted by molar-refractivity contribution is 5.99. The lowest BCUT2D eigenvalue weighted by molar-refractivity contribution is -0.393. The molecule has 0 aliphatic carbocycles. The van der Waals surface area contributed by atoms with E-state index >= 15 is 0 Å². The minimum absolute atomic E-state index is 0.168. The number of carboxylic acid groups (broad SMARTS) is 1. The Morgan fingerprint density at radius 1 is 1.18 bits per heavy atom. The van der Waals surface area contributed by atoms with Gasteiger partial charge in [0.1, 0.15) is 11.3 Å². The van der Waals surface area contributed by atoms with Gasteiger partial charge in [-0.25, -0.2) is 4.79 Å². The van der Waals surface area contributed by atoms with Crippen molar-refractivity contribution < 1.29 is 29.0 Å². The fourth-order valence-electron chi connectivity index (χ4n) is 1.84. The number of hydrogen-bond donors (Lipinski definition) is 1. The van der Waals surface area contributed by atoms with E-state index in [1.165, 1.54) is 12.1 Å². The summed E-state index contributed by atoms with van der Waals surface area (Å²) in [7, 11) is 0. The molecule has 0 aliphatic rings. The van der Waals surface area contributed by atoms with Gasteiger partial charge >= 0.3 is 5.97 Å². The van der Waals surface area contributed by atoms with Crippen LogP contribution in [0.25, 0.3) is 11.3 Å². The van der Waals surface area contributed by atoms with Crippen molar-refractivity contribution in [2.24, 2.45) is 0 Å². The Balaban J connectivity index is 2.84. The average molecular weight is 306 g/mol. The Labute approximate surface area is 120 Å². The highest BCUT2D eigenvalue weighted by Gasteiger charge is 2.30. The lowest BCUT2D eigenvalue weighted by atomic mass is 10.0. The third-order valence-electron chi connectivity index (χ3n) is 2.73. The molecule has 0 bridgehead atoms. The molecule has 0 atom stereocenters. The van der Waals surface area contributed by atoms with Gasteiger partial charge in [-0.1, -0.05) is 0 Å². The number of carbonyl (C=O) groups is 2. The van der Waals surface area contributed by atoms with Gasteiger partial charge in [-0.3, -0.25) is 25.0 Å². The van der Waals surface area contributed by atoms with Gasteiger partial charge in [-0.05, 0) is 12.1 Å². The molecule has 0 saturated carbocycles. The molecule has 10 heteroatoms. The molecular formula is C12H6N2O8. The zero-order valence-corrected chi connectivity index (χ0v) is 10.6. The van der Waals surface area contributed by atoms with Crippen LogP contribution in [0.2, 0.25) is 0 Å². The van der Waals surface area contributed by atoms with Gasteiger partial charge in [0.05, 0.1) is 21.5 Å². The minimum Gasteiger partial charge on any atom is -0.478 e. The summed E-state index contributed by atoms with van der Waals surface area (Å²) in [5, 5.41) is 31.0. The molecule has 1 aromatic heterocycles. The molecule has 22 heavy (non-hydrogen) atoms. The zero-order chi connectivity index (χ0) is 16.4. The van der Waals surface area contributed by atoms with Crippen molar-refractivity contribution in [2.45, 2.75) is 0 Å². The molecule has 0 radical (unpaired) electrons. The van der Waals surface area contributed by atoms with Crippen molar-refractivity contribution in [3.63, 3.8) is 0 Å². The van der Waals surface area contributed by atoms with Crippen LogP contribution in [0.3, 0.4) is 0 Å². The third-order valence-corrected chi connectivity index (χ3v) is 2.73. The van der Waals surface area contributed by atoms with Gasteiger partial charge in [-0.15, -0.1) is 0 Å². The SMILES string of the molecule is O=Cc1ccc(-c2c(C(=O)O)cc([N+](=O)[O-])cc2[N+](=O)[O-])o1. The Morgan fingerprint density at radius 2 is 1.86 bits per heavy atom. The summed E-state index contributed by atoms with van der Waals surface area (Å²) in [6.07, 6.45) is 0.334. The quantitative estimate of drug-likeness (QED) is 0.501. The lowest BCUT2D eigenvalue weighted by Gasteiger charge is -2.05. The number of hydrogen-bond acceptors (Lipinski definition) is 7. The fourth-order valence-corrected chi connectivity index (χ4v) is 1.84. The van der Waals surface area contributed by atoms with Crippen LogP contribution in [0.4, 0.5) is 11.4 Å². The van der Waals surface area contributed by atoms with Crippen LogP contribution in [0.1, 0.15) is 20.9 Å². The molecule has 0 saturated heterocycles. The van der Waals surface area contributed by atoms with Gasteiger partial charge in [0.25, 0.3) is 11.4 Å². The van der Waals surface area contributed by atoms with Crippen molar-refractivity contribution in [2.75, 3.05) is 0 Å². The summed E-state index contributed by atoms with van der Waals surface area (Å²) < 4.78 is 5.00. The highest BCUT2D eigenvalue weighted by Crippen LogP contribution is 2.37. The number of nitro benzene ring substituents is 2. The first-order chi connectivity index (χ1) is 10.3. The number of rotatable bonds is 5. The molecule has 1 aromatic carbocycles. The number of furan rings is 1. The van der Waals surface area contributed by atoms with Crippen molar-refractivity contribution in [1.29, 1.82) is 0 Å². The van der Waals surface area contributed by atoms with Crippen LogP contribution in [0.15, 0.2) is 28.7 Å². The second-order valence-corrected chi connectivity index (χ2v) is 4.03. The first-order valence-corrected chi connectivity index (χ1v) is 5.60. The highest BCUT2D eigenvalue weighted by atomic mass is 16.6. The van der Waals surface area contributed by atoms with Crippen LogP contribution >= 0.6 is 0 Å². The molecule has 1 N–H and O–H groups in total. The smallest absolute Gasteiger partial charge is 0.336 e. The van der Waals surface area contributed by atoms with Gasteiger partial charge in [0.2, 0.25) is 0 Å². The number of carbonyl (C=O) groups excluding carboxylic acids is 1. The number of nitrogens with zero attached hydrogens (tertiary/aromatic N) is 2. The van der Waals surface area contributed by atoms with E-state index < -0.39 is 38.3 Å². The maximum atomic E-state index is 11.3. The molecular weight excluding hydrogens is 300 g/mol. The number of aromatic carboxylic acids is 1. The monoisotopic (exact) mass is 306 g/mol. The van der Waals surface area contributed by atoms with E-state index in [-0.39, 0.29) is 11.5 Å². The van der Waals surface area contributed by atoms with Gasteiger partial charge in [-0.2, -0.15) is 0 Å². The molecule has 0 amide bonds. The Bertz CT molecular complexity index is 772. The van der Waals surface area contributed by atoms with Crippen LogP contribution in [-0.4, -0.2) is 27.2 Å². The topological polar surface area (TPSA) is 154 Å². The summed E-state index contributed by atoms with van der Waals surface area (Å²) >= 11 is 0. The molecule has 10 nitrogen and oxygen atoms in total. The summed E-state index contributed by atoms with van der Waals surface area (Å²) in [5.41, 5.74) is -2.67. The van der Waals surface area contributed by atoms with E-state index in [9.17, 15) is 29.8 Å². The van der Waals surface area contributed by atoms with E-state index in [0.29, 0.717) is 18.4 Å². The largest absolute Gasteiger partial charge is 0.478 e. The maximum Gasteiger partial charge on any atom is 0.336 e. The predicted octanol–water partition coefficient (Wildman–Crippen LogP) is 2.27. The van der Waals surface area contributed by atoms with E-state index in [1.807, 2.05) is 0 Å². The van der Waals surface area contributed by atoms with Gasteiger partial charge < -0.3 is 9.52 Å². The van der Waals surface area contributed by atoms with Crippen molar-refractivity contribution in [3.05, 3.63) is 55.8 Å². The van der Waals surface area contributed by atoms with Crippen LogP contribution in [0, 0.1) is 20.2 Å². The molecule has 0 aliphatic heterocycles. The van der Waals surface area contributed by atoms with Crippen LogP contribution < -0.4 is 0 Å². The van der Waals surface area contributed by atoms with Crippen LogP contribution in [-0.2, 0) is 0 Å². The normalized spacial score (nSPS) is 10.2. The fraction of sp³-hybridized carbons (Fsp3) is 0. The van der Waals surface area contributed by atoms with Crippen LogP contribution in [0.5, 0.6) is 0 Å². The number of aldehydes is 1. The van der Waals surface area contributed by atoms with E-state index in [0.717, 1.165) is 0 Å². The summed E-state index contributed by atoms with van der Waals surface area (Å²) in [6, 6.07) is 3.68. The van der Waals surface area contributed by atoms with Gasteiger partial charge in [0, 0.05) is 6.07 Å². The zero-order valence-electron chi connectivity index (χ0n) is 10.6. The average Bonchev–Trinajstić information content (AvgIpc) is 2.94.